The number of halogens is 1. The Morgan fingerprint density at radius 3 is 2.53 bits per heavy atom. The molecule has 0 unspecified atom stereocenters. The van der Waals surface area contributed by atoms with Crippen LogP contribution in [0.2, 0.25) is 5.02 Å². The van der Waals surface area contributed by atoms with Gasteiger partial charge < -0.3 is 9.88 Å². The maximum Gasteiger partial charge on any atom is 0.234 e. The molecule has 1 aromatic heterocycles. The smallest absolute Gasteiger partial charge is 0.234 e. The number of nitrogens with one attached hydrogen (secondary N) is 1. The molecule has 4 bridgehead atoms. The maximum atomic E-state index is 12.4. The summed E-state index contributed by atoms with van der Waals surface area (Å²) in [5.41, 5.74) is 1.16. The number of nitrogens with zero attached hydrogens (tertiary/aromatic N) is 3. The second-order valence-corrected chi connectivity index (χ2v) is 11.0. The number of hydrogen-bond donors (Lipinski definition) is 1. The standard InChI is InChI=1S/C23H29ClN4OS/c1-2-28-20(13-23-10-15-6-16(11-23)8-17(7-15)12-23)26-27-22(28)30-14-21(29)25-19-5-3-4-18(24)9-19/h3-5,9,15-17H,2,6-8,10-14H2,1H3,(H,25,29). The summed E-state index contributed by atoms with van der Waals surface area (Å²) >= 11 is 7.45. The molecule has 5 nitrogen and oxygen atoms in total. The molecular weight excluding hydrogens is 416 g/mol. The van der Waals surface area contributed by atoms with Crippen molar-refractivity contribution in [2.24, 2.45) is 23.2 Å². The second kappa shape index (κ2) is 8.19. The summed E-state index contributed by atoms with van der Waals surface area (Å²) in [5.74, 6) is 4.18. The number of carbonyl (C=O) groups is 1. The lowest BCUT2D eigenvalue weighted by molar-refractivity contribution is -0.113. The minimum absolute atomic E-state index is 0.0597. The van der Waals surface area contributed by atoms with Crippen molar-refractivity contribution in [3.63, 3.8) is 0 Å². The van der Waals surface area contributed by atoms with E-state index in [1.807, 2.05) is 12.1 Å². The van der Waals surface area contributed by atoms with Gasteiger partial charge in [0.25, 0.3) is 0 Å². The van der Waals surface area contributed by atoms with Crippen LogP contribution in [0.25, 0.3) is 0 Å². The van der Waals surface area contributed by atoms with Gasteiger partial charge in [0.1, 0.15) is 5.82 Å². The first-order valence-electron chi connectivity index (χ1n) is 11.1. The molecule has 4 fully saturated rings. The van der Waals surface area contributed by atoms with Gasteiger partial charge in [-0.2, -0.15) is 0 Å². The normalized spacial score (nSPS) is 29.3. The van der Waals surface area contributed by atoms with E-state index in [4.69, 9.17) is 11.6 Å². The molecule has 4 saturated carbocycles. The molecule has 7 heteroatoms. The Kier molecular flexibility index (Phi) is 5.56. The quantitative estimate of drug-likeness (QED) is 0.577. The van der Waals surface area contributed by atoms with Gasteiger partial charge >= 0.3 is 0 Å². The van der Waals surface area contributed by atoms with Gasteiger partial charge in [-0.3, -0.25) is 4.79 Å². The van der Waals surface area contributed by atoms with Gasteiger partial charge in [0, 0.05) is 23.7 Å². The molecule has 1 N–H and O–H groups in total. The largest absolute Gasteiger partial charge is 0.325 e. The molecule has 0 aliphatic heterocycles. The minimum atomic E-state index is -0.0597. The number of aromatic nitrogens is 3. The molecule has 6 rings (SSSR count). The summed E-state index contributed by atoms with van der Waals surface area (Å²) < 4.78 is 2.22. The number of amides is 1. The van der Waals surface area contributed by atoms with Crippen LogP contribution in [0.5, 0.6) is 0 Å². The van der Waals surface area contributed by atoms with Crippen LogP contribution in [0.15, 0.2) is 29.4 Å². The average Bonchev–Trinajstić information content (AvgIpc) is 3.06. The Labute approximate surface area is 187 Å². The van der Waals surface area contributed by atoms with E-state index in [2.05, 4.69) is 27.0 Å². The molecule has 1 heterocycles. The van der Waals surface area contributed by atoms with Crippen LogP contribution in [0.4, 0.5) is 5.69 Å². The number of rotatable bonds is 7. The number of carbonyl (C=O) groups excluding carboxylic acids is 1. The van der Waals surface area contributed by atoms with Crippen LogP contribution in [0.3, 0.4) is 0 Å². The van der Waals surface area contributed by atoms with Crippen LogP contribution >= 0.6 is 23.4 Å². The third-order valence-corrected chi connectivity index (χ3v) is 8.45. The van der Waals surface area contributed by atoms with E-state index in [1.54, 1.807) is 12.1 Å². The van der Waals surface area contributed by atoms with E-state index >= 15 is 0 Å². The van der Waals surface area contributed by atoms with E-state index < -0.39 is 0 Å². The zero-order valence-electron chi connectivity index (χ0n) is 17.4. The number of thioether (sulfide) groups is 1. The molecule has 0 atom stereocenters. The van der Waals surface area contributed by atoms with Crippen LogP contribution < -0.4 is 5.32 Å². The Hall–Kier alpha value is -1.53. The molecular formula is C23H29ClN4OS. The molecule has 30 heavy (non-hydrogen) atoms. The minimum Gasteiger partial charge on any atom is -0.325 e. The third-order valence-electron chi connectivity index (χ3n) is 7.25. The summed E-state index contributed by atoms with van der Waals surface area (Å²) in [6.45, 7) is 2.98. The molecule has 4 aliphatic carbocycles. The van der Waals surface area contributed by atoms with Gasteiger partial charge in [-0.25, -0.2) is 0 Å². The van der Waals surface area contributed by atoms with Crippen LogP contribution in [0.1, 0.15) is 51.3 Å². The van der Waals surface area contributed by atoms with E-state index in [0.29, 0.717) is 21.9 Å². The first-order chi connectivity index (χ1) is 14.5. The lowest BCUT2D eigenvalue weighted by Gasteiger charge is -2.56. The summed E-state index contributed by atoms with van der Waals surface area (Å²) in [7, 11) is 0. The van der Waals surface area contributed by atoms with E-state index in [1.165, 1.54) is 50.3 Å². The highest BCUT2D eigenvalue weighted by Crippen LogP contribution is 2.61. The Balaban J connectivity index is 1.24. The fourth-order valence-electron chi connectivity index (χ4n) is 6.61. The molecule has 4 aliphatic rings. The van der Waals surface area contributed by atoms with Gasteiger partial charge in [-0.05, 0) is 86.8 Å². The highest BCUT2D eigenvalue weighted by Gasteiger charge is 2.51. The van der Waals surface area contributed by atoms with Crippen molar-refractivity contribution < 1.29 is 4.79 Å². The molecule has 2 aromatic rings. The van der Waals surface area contributed by atoms with Crippen molar-refractivity contribution in [3.05, 3.63) is 35.1 Å². The number of benzene rings is 1. The highest BCUT2D eigenvalue weighted by molar-refractivity contribution is 7.99. The van der Waals surface area contributed by atoms with E-state index in [0.717, 1.165) is 41.7 Å². The summed E-state index contributed by atoms with van der Waals surface area (Å²) in [5, 5.41) is 13.4. The fourth-order valence-corrected chi connectivity index (χ4v) is 7.62. The molecule has 1 amide bonds. The van der Waals surface area contributed by atoms with E-state index in [9.17, 15) is 4.79 Å². The second-order valence-electron chi connectivity index (χ2n) is 9.58. The van der Waals surface area contributed by atoms with Gasteiger partial charge in [0.15, 0.2) is 5.16 Å². The Morgan fingerprint density at radius 2 is 1.90 bits per heavy atom. The van der Waals surface area contributed by atoms with E-state index in [-0.39, 0.29) is 5.91 Å². The van der Waals surface area contributed by atoms with Gasteiger partial charge in [-0.15, -0.1) is 10.2 Å². The lowest BCUT2D eigenvalue weighted by Crippen LogP contribution is -2.47. The van der Waals surface area contributed by atoms with Crippen LogP contribution in [-0.2, 0) is 17.8 Å². The van der Waals surface area contributed by atoms with Crippen LogP contribution in [0, 0.1) is 23.2 Å². The van der Waals surface area contributed by atoms with Crippen molar-refractivity contribution in [2.45, 2.75) is 63.6 Å². The predicted octanol–water partition coefficient (Wildman–Crippen LogP) is 5.44. The SMILES string of the molecule is CCn1c(CC23CC4CC(CC(C4)C2)C3)nnc1SCC(=O)Nc1cccc(Cl)c1. The molecule has 1 aromatic carbocycles. The average molecular weight is 445 g/mol. The first-order valence-corrected chi connectivity index (χ1v) is 12.5. The molecule has 160 valence electrons. The summed E-state index contributed by atoms with van der Waals surface area (Å²) in [6.07, 6.45) is 9.56. The predicted molar refractivity (Wildman–Crippen MR) is 121 cm³/mol. The third kappa shape index (κ3) is 4.13. The number of hydrogen-bond acceptors (Lipinski definition) is 4. The molecule has 0 saturated heterocycles. The van der Waals surface area contributed by atoms with Gasteiger partial charge in [-0.1, -0.05) is 29.4 Å². The highest BCUT2D eigenvalue weighted by atomic mass is 35.5. The topological polar surface area (TPSA) is 59.8 Å². The van der Waals surface area contributed by atoms with Crippen molar-refractivity contribution >= 4 is 35.0 Å². The zero-order chi connectivity index (χ0) is 20.7. The maximum absolute atomic E-state index is 12.4. The van der Waals surface area contributed by atoms with Crippen molar-refractivity contribution in [3.8, 4) is 0 Å². The van der Waals surface area contributed by atoms with Crippen LogP contribution in [-0.4, -0.2) is 26.4 Å². The summed E-state index contributed by atoms with van der Waals surface area (Å²) in [6, 6.07) is 7.21. The fraction of sp³-hybridized carbons (Fsp3) is 0.609. The van der Waals surface area contributed by atoms with Gasteiger partial charge in [0.2, 0.25) is 5.91 Å². The van der Waals surface area contributed by atoms with Crippen molar-refractivity contribution in [1.29, 1.82) is 0 Å². The lowest BCUT2D eigenvalue weighted by atomic mass is 9.49. The Bertz CT molecular complexity index is 908. The zero-order valence-corrected chi connectivity index (χ0v) is 19.0. The van der Waals surface area contributed by atoms with Crippen molar-refractivity contribution in [2.75, 3.05) is 11.1 Å². The Morgan fingerprint density at radius 1 is 1.20 bits per heavy atom. The number of anilines is 1. The molecule has 0 radical (unpaired) electrons. The first kappa shape index (κ1) is 20.4. The molecule has 0 spiro atoms. The monoisotopic (exact) mass is 444 g/mol. The van der Waals surface area contributed by atoms with Gasteiger partial charge in [0.05, 0.1) is 5.75 Å². The summed E-state index contributed by atoms with van der Waals surface area (Å²) in [4.78, 5) is 12.4. The van der Waals surface area contributed by atoms with Crippen molar-refractivity contribution in [1.82, 2.24) is 14.8 Å².